The number of rotatable bonds is 2. The molecule has 1 aliphatic carbocycles. The highest BCUT2D eigenvalue weighted by atomic mass is 79.9. The number of allylic oxidation sites excluding steroid dienone is 2. The maximum atomic E-state index is 12.0. The van der Waals surface area contributed by atoms with Crippen LogP contribution in [0.2, 0.25) is 5.02 Å². The van der Waals surface area contributed by atoms with Gasteiger partial charge < -0.3 is 4.84 Å². The maximum absolute atomic E-state index is 12.0. The molecule has 2 unspecified atom stereocenters. The van der Waals surface area contributed by atoms with Gasteiger partial charge in [-0.05, 0) is 49.8 Å². The van der Waals surface area contributed by atoms with E-state index in [1.54, 1.807) is 38.1 Å². The Morgan fingerprint density at radius 3 is 2.55 bits per heavy atom. The van der Waals surface area contributed by atoms with Crippen LogP contribution in [0.15, 0.2) is 41.1 Å². The predicted molar refractivity (Wildman–Crippen MR) is 93.1 cm³/mol. The monoisotopic (exact) mass is 447 g/mol. The molecule has 0 saturated heterocycles. The first kappa shape index (κ1) is 17.4. The van der Waals surface area contributed by atoms with Crippen LogP contribution >= 0.6 is 43.5 Å². The lowest BCUT2D eigenvalue weighted by Crippen LogP contribution is -2.45. The highest BCUT2D eigenvalue weighted by Crippen LogP contribution is 2.36. The van der Waals surface area contributed by atoms with E-state index in [-0.39, 0.29) is 5.78 Å². The topological polar surface area (TPSA) is 55.7 Å². The summed E-state index contributed by atoms with van der Waals surface area (Å²) in [6.45, 7) is 3.47. The number of benzene rings is 1. The zero-order valence-electron chi connectivity index (χ0n) is 11.8. The van der Waals surface area contributed by atoms with Gasteiger partial charge in [-0.25, -0.2) is 4.79 Å². The lowest BCUT2D eigenvalue weighted by atomic mass is 9.88. The molecule has 0 heterocycles. The van der Waals surface area contributed by atoms with Crippen LogP contribution in [0.3, 0.4) is 0 Å². The molecule has 1 aliphatic rings. The molecule has 1 aromatic rings. The van der Waals surface area contributed by atoms with Gasteiger partial charge in [-0.1, -0.05) is 48.6 Å². The van der Waals surface area contributed by atoms with Gasteiger partial charge in [-0.3, -0.25) is 4.79 Å². The van der Waals surface area contributed by atoms with Gasteiger partial charge in [0.05, 0.1) is 16.1 Å². The third-order valence-electron chi connectivity index (χ3n) is 3.26. The molecule has 0 bridgehead atoms. The number of hydrogen-bond donors (Lipinski definition) is 0. The molecule has 116 valence electrons. The van der Waals surface area contributed by atoms with E-state index >= 15 is 0 Å². The summed E-state index contributed by atoms with van der Waals surface area (Å²) in [6, 6.07) is 6.30. The third-order valence-corrected chi connectivity index (χ3v) is 6.32. The molecule has 7 heteroatoms. The number of oxime groups is 1. The summed E-state index contributed by atoms with van der Waals surface area (Å²) < 4.78 is -0.835. The molecule has 22 heavy (non-hydrogen) atoms. The minimum absolute atomic E-state index is 0.0742. The van der Waals surface area contributed by atoms with Gasteiger partial charge in [-0.15, -0.1) is 0 Å². The van der Waals surface area contributed by atoms with E-state index in [1.807, 2.05) is 0 Å². The van der Waals surface area contributed by atoms with Gasteiger partial charge in [0.15, 0.2) is 5.78 Å². The molecule has 1 aromatic carbocycles. The molecular weight excluding hydrogens is 437 g/mol. The van der Waals surface area contributed by atoms with E-state index < -0.39 is 15.1 Å². The lowest BCUT2D eigenvalue weighted by Gasteiger charge is -2.30. The van der Waals surface area contributed by atoms with Gasteiger partial charge in [-0.2, -0.15) is 0 Å². The summed E-state index contributed by atoms with van der Waals surface area (Å²) in [4.78, 5) is 28.5. The molecule has 0 aromatic heterocycles. The smallest absolute Gasteiger partial charge is 0.312 e. The Bertz CT molecular complexity index is 681. The summed E-state index contributed by atoms with van der Waals surface area (Å²) in [5.41, 5.74) is 1.48. The average molecular weight is 450 g/mol. The van der Waals surface area contributed by atoms with Gasteiger partial charge in [0.2, 0.25) is 0 Å². The molecule has 0 radical (unpaired) electrons. The van der Waals surface area contributed by atoms with Gasteiger partial charge in [0.1, 0.15) is 4.32 Å². The van der Waals surface area contributed by atoms with Crippen LogP contribution in [0, 0.1) is 0 Å². The Morgan fingerprint density at radius 1 is 1.36 bits per heavy atom. The number of carbonyl (C=O) groups excluding carboxylic acids is 2. The zero-order valence-corrected chi connectivity index (χ0v) is 15.7. The Hall–Kier alpha value is -0.980. The third kappa shape index (κ3) is 3.50. The molecule has 2 rings (SSSR count). The quantitative estimate of drug-likeness (QED) is 0.384. The summed E-state index contributed by atoms with van der Waals surface area (Å²) in [6.07, 6.45) is 1.47. The van der Waals surface area contributed by atoms with Crippen LogP contribution in [0.5, 0.6) is 0 Å². The zero-order chi connectivity index (χ0) is 16.5. The molecule has 2 atom stereocenters. The number of nitrogens with zero attached hydrogens (tertiary/aromatic N) is 1. The fraction of sp³-hybridized carbons (Fsp3) is 0.267. The fourth-order valence-electron chi connectivity index (χ4n) is 1.84. The summed E-state index contributed by atoms with van der Waals surface area (Å²) >= 11 is 12.6. The average Bonchev–Trinajstić information content (AvgIpc) is 2.46. The molecule has 0 N–H and O–H groups in total. The van der Waals surface area contributed by atoms with E-state index in [0.717, 1.165) is 0 Å². The SMILES string of the molecule is CC1=CC(=O)C(C)(Br)C(Br)/C1=N/OC(=O)c1ccc(Cl)cc1. The minimum atomic E-state index is -0.835. The van der Waals surface area contributed by atoms with E-state index in [0.29, 0.717) is 21.9 Å². The van der Waals surface area contributed by atoms with Crippen molar-refractivity contribution >= 4 is 60.9 Å². The van der Waals surface area contributed by atoms with E-state index in [9.17, 15) is 9.59 Å². The summed E-state index contributed by atoms with van der Waals surface area (Å²) in [7, 11) is 0. The second-order valence-corrected chi connectivity index (χ2v) is 7.99. The van der Waals surface area contributed by atoms with Crippen LogP contribution in [-0.4, -0.2) is 26.6 Å². The second kappa shape index (κ2) is 6.64. The van der Waals surface area contributed by atoms with E-state index in [1.165, 1.54) is 6.08 Å². The lowest BCUT2D eigenvalue weighted by molar-refractivity contribution is -0.116. The molecule has 0 fully saturated rings. The number of alkyl halides is 2. The fourth-order valence-corrected chi connectivity index (χ4v) is 2.97. The highest BCUT2D eigenvalue weighted by molar-refractivity contribution is 9.13. The van der Waals surface area contributed by atoms with Crippen molar-refractivity contribution in [2.45, 2.75) is 23.0 Å². The van der Waals surface area contributed by atoms with Crippen molar-refractivity contribution in [1.29, 1.82) is 0 Å². The Balaban J connectivity index is 2.22. The second-order valence-electron chi connectivity index (χ2n) is 4.99. The van der Waals surface area contributed by atoms with Crippen LogP contribution in [-0.2, 0) is 9.63 Å². The molecule has 0 aliphatic heterocycles. The van der Waals surface area contributed by atoms with Gasteiger partial charge in [0, 0.05) is 5.02 Å². The molecule has 0 spiro atoms. The number of carbonyl (C=O) groups is 2. The molecule has 0 saturated carbocycles. The van der Waals surface area contributed by atoms with E-state index in [4.69, 9.17) is 16.4 Å². The minimum Gasteiger partial charge on any atom is -0.312 e. The van der Waals surface area contributed by atoms with Crippen LogP contribution in [0.25, 0.3) is 0 Å². The van der Waals surface area contributed by atoms with Gasteiger partial charge >= 0.3 is 5.97 Å². The van der Waals surface area contributed by atoms with Crippen molar-refractivity contribution in [3.63, 3.8) is 0 Å². The standard InChI is InChI=1S/C15H12Br2ClNO3/c1-8-7-11(20)15(2,17)13(16)12(8)19-22-14(21)9-3-5-10(18)6-4-9/h3-7,13H,1-2H3/b19-12+. The normalized spacial score (nSPS) is 26.8. The Kier molecular flexibility index (Phi) is 5.25. The van der Waals surface area contributed by atoms with Gasteiger partial charge in [0.25, 0.3) is 0 Å². The number of ketones is 1. The van der Waals surface area contributed by atoms with Crippen LogP contribution in [0.4, 0.5) is 0 Å². The van der Waals surface area contributed by atoms with Crippen molar-refractivity contribution in [3.8, 4) is 0 Å². The van der Waals surface area contributed by atoms with Crippen LogP contribution < -0.4 is 0 Å². The van der Waals surface area contributed by atoms with Crippen molar-refractivity contribution in [2.24, 2.45) is 5.16 Å². The van der Waals surface area contributed by atoms with E-state index in [2.05, 4.69) is 37.0 Å². The number of halogens is 3. The maximum Gasteiger partial charge on any atom is 0.365 e. The van der Waals surface area contributed by atoms with Crippen molar-refractivity contribution < 1.29 is 14.4 Å². The van der Waals surface area contributed by atoms with Crippen LogP contribution in [0.1, 0.15) is 24.2 Å². The molecular formula is C15H12Br2ClNO3. The molecule has 0 amide bonds. The Labute approximate surface area is 149 Å². The first-order chi connectivity index (χ1) is 10.2. The first-order valence-electron chi connectivity index (χ1n) is 6.34. The summed E-state index contributed by atoms with van der Waals surface area (Å²) in [5.74, 6) is -0.667. The first-order valence-corrected chi connectivity index (χ1v) is 8.43. The Morgan fingerprint density at radius 2 is 1.95 bits per heavy atom. The summed E-state index contributed by atoms with van der Waals surface area (Å²) in [5, 5.41) is 4.44. The van der Waals surface area contributed by atoms with Crippen molar-refractivity contribution in [1.82, 2.24) is 0 Å². The van der Waals surface area contributed by atoms with Crippen molar-refractivity contribution in [2.75, 3.05) is 0 Å². The molecule has 4 nitrogen and oxygen atoms in total. The predicted octanol–water partition coefficient (Wildman–Crippen LogP) is 4.30. The largest absolute Gasteiger partial charge is 0.365 e. The highest BCUT2D eigenvalue weighted by Gasteiger charge is 2.43. The van der Waals surface area contributed by atoms with Crippen molar-refractivity contribution in [3.05, 3.63) is 46.5 Å². The number of hydrogen-bond acceptors (Lipinski definition) is 4.